The third-order valence-corrected chi connectivity index (χ3v) is 4.33. The van der Waals surface area contributed by atoms with E-state index in [0.717, 1.165) is 34.9 Å². The molecule has 3 aromatic heterocycles. The van der Waals surface area contributed by atoms with Crippen molar-refractivity contribution in [3.05, 3.63) is 48.9 Å². The summed E-state index contributed by atoms with van der Waals surface area (Å²) < 4.78 is 2.12. The third-order valence-electron chi connectivity index (χ3n) is 3.33. The zero-order valence-electron chi connectivity index (χ0n) is 11.2. The van der Waals surface area contributed by atoms with Gasteiger partial charge in [-0.15, -0.1) is 10.2 Å². The van der Waals surface area contributed by atoms with Gasteiger partial charge in [-0.2, -0.15) is 0 Å². The molecule has 0 aliphatic carbocycles. The molecule has 0 spiro atoms. The van der Waals surface area contributed by atoms with Crippen LogP contribution in [0.25, 0.3) is 11.4 Å². The summed E-state index contributed by atoms with van der Waals surface area (Å²) in [7, 11) is 0. The molecule has 0 atom stereocenters. The van der Waals surface area contributed by atoms with Gasteiger partial charge in [0.05, 0.1) is 6.20 Å². The normalized spacial score (nSPS) is 14.0. The minimum atomic E-state index is 0.722. The molecule has 0 aromatic carbocycles. The minimum Gasteiger partial charge on any atom is -0.264 e. The van der Waals surface area contributed by atoms with Gasteiger partial charge >= 0.3 is 0 Å². The maximum absolute atomic E-state index is 4.31. The van der Waals surface area contributed by atoms with E-state index in [9.17, 15) is 0 Å². The highest BCUT2D eigenvalue weighted by Gasteiger charge is 2.27. The molecule has 4 rings (SSSR count). The summed E-state index contributed by atoms with van der Waals surface area (Å²) in [5.74, 6) is 2.79. The van der Waals surface area contributed by atoms with E-state index >= 15 is 0 Å². The van der Waals surface area contributed by atoms with Crippen LogP contribution in [0.1, 0.15) is 0 Å². The maximum Gasteiger partial charge on any atom is 0.276 e. The predicted octanol–water partition coefficient (Wildman–Crippen LogP) is 1.68. The average Bonchev–Trinajstić information content (AvgIpc) is 2.99. The van der Waals surface area contributed by atoms with Crippen LogP contribution in [0.5, 0.6) is 0 Å². The molecule has 3 aromatic rings. The van der Waals surface area contributed by atoms with Gasteiger partial charge in [0.1, 0.15) is 5.88 Å². The van der Waals surface area contributed by atoms with Gasteiger partial charge in [-0.3, -0.25) is 9.55 Å². The second-order valence-corrected chi connectivity index (χ2v) is 5.59. The van der Waals surface area contributed by atoms with Crippen molar-refractivity contribution in [1.29, 1.82) is 0 Å². The lowest BCUT2D eigenvalue weighted by atomic mass is 10.3. The Morgan fingerprint density at radius 3 is 2.95 bits per heavy atom. The van der Waals surface area contributed by atoms with Crippen LogP contribution in [0.4, 0.5) is 5.82 Å². The molecule has 1 aliphatic heterocycles. The molecule has 0 saturated carbocycles. The number of hydrogen-bond donors (Lipinski definition) is 0. The molecule has 0 unspecified atom stereocenters. The number of thioether (sulfide) groups is 1. The summed E-state index contributed by atoms with van der Waals surface area (Å²) >= 11 is 1.68. The van der Waals surface area contributed by atoms with Crippen LogP contribution >= 0.6 is 11.8 Å². The van der Waals surface area contributed by atoms with E-state index < -0.39 is 0 Å². The summed E-state index contributed by atoms with van der Waals surface area (Å²) in [6, 6.07) is 9.99. The van der Waals surface area contributed by atoms with Crippen LogP contribution in [-0.2, 0) is 6.67 Å². The molecule has 0 amide bonds. The Morgan fingerprint density at radius 1 is 1.14 bits per heavy atom. The van der Waals surface area contributed by atoms with Gasteiger partial charge < -0.3 is 0 Å². The maximum atomic E-state index is 4.31. The van der Waals surface area contributed by atoms with Crippen molar-refractivity contribution < 1.29 is 4.98 Å². The van der Waals surface area contributed by atoms with Gasteiger partial charge in [-0.25, -0.2) is 9.88 Å². The number of nitrogens with zero attached hydrogens (tertiary/aromatic N) is 5. The SMILES string of the molecule is c1ccc(N2CSc3nnc(-c4cccnc4)n3C2)[nH+]c1. The molecular weight excluding hydrogens is 284 g/mol. The zero-order chi connectivity index (χ0) is 14.1. The van der Waals surface area contributed by atoms with Crippen molar-refractivity contribution in [2.24, 2.45) is 0 Å². The fourth-order valence-corrected chi connectivity index (χ4v) is 3.20. The summed E-state index contributed by atoms with van der Waals surface area (Å²) in [4.78, 5) is 9.68. The second kappa shape index (κ2) is 5.17. The lowest BCUT2D eigenvalue weighted by Crippen LogP contribution is -2.34. The highest BCUT2D eigenvalue weighted by atomic mass is 32.2. The van der Waals surface area contributed by atoms with E-state index in [1.807, 2.05) is 36.7 Å². The van der Waals surface area contributed by atoms with Gasteiger partial charge in [-0.05, 0) is 30.0 Å². The van der Waals surface area contributed by atoms with Gasteiger partial charge in [0.15, 0.2) is 17.6 Å². The van der Waals surface area contributed by atoms with Crippen molar-refractivity contribution >= 4 is 17.6 Å². The van der Waals surface area contributed by atoms with Crippen molar-refractivity contribution in [2.75, 3.05) is 10.8 Å². The molecule has 6 nitrogen and oxygen atoms in total. The number of pyridine rings is 2. The molecule has 1 aliphatic rings. The van der Waals surface area contributed by atoms with E-state index in [-0.39, 0.29) is 0 Å². The zero-order valence-corrected chi connectivity index (χ0v) is 12.0. The van der Waals surface area contributed by atoms with E-state index in [4.69, 9.17) is 0 Å². The second-order valence-electron chi connectivity index (χ2n) is 4.68. The van der Waals surface area contributed by atoms with Crippen LogP contribution in [0.2, 0.25) is 0 Å². The molecule has 4 heterocycles. The molecular formula is C14H13N6S+. The number of hydrogen-bond acceptors (Lipinski definition) is 5. The Kier molecular flexibility index (Phi) is 3.04. The Hall–Kier alpha value is -2.41. The molecule has 21 heavy (non-hydrogen) atoms. The fourth-order valence-electron chi connectivity index (χ4n) is 2.31. The fraction of sp³-hybridized carbons (Fsp3) is 0.143. The summed E-state index contributed by atoms with van der Waals surface area (Å²) in [6.07, 6.45) is 5.51. The first kappa shape index (κ1) is 12.3. The number of fused-ring (bicyclic) bond motifs is 1. The average molecular weight is 297 g/mol. The molecule has 0 bridgehead atoms. The lowest BCUT2D eigenvalue weighted by molar-refractivity contribution is -0.364. The van der Waals surface area contributed by atoms with E-state index in [1.165, 1.54) is 0 Å². The highest BCUT2D eigenvalue weighted by Crippen LogP contribution is 2.29. The van der Waals surface area contributed by atoms with Crippen molar-refractivity contribution in [3.63, 3.8) is 0 Å². The van der Waals surface area contributed by atoms with Crippen LogP contribution in [0.3, 0.4) is 0 Å². The summed E-state index contributed by atoms with van der Waals surface area (Å²) in [5.41, 5.74) is 0.982. The van der Waals surface area contributed by atoms with Crippen LogP contribution < -0.4 is 9.88 Å². The molecule has 0 fully saturated rings. The number of nitrogens with one attached hydrogen (secondary N) is 1. The number of rotatable bonds is 2. The Morgan fingerprint density at radius 2 is 2.14 bits per heavy atom. The van der Waals surface area contributed by atoms with Crippen LogP contribution in [0, 0.1) is 0 Å². The number of anilines is 1. The standard InChI is InChI=1S/C14H12N6S/c1-2-7-16-12(5-1)19-9-20-13(11-4-3-6-15-8-11)17-18-14(20)21-10-19/h1-8H,9-10H2/p+1. The van der Waals surface area contributed by atoms with Crippen molar-refractivity contribution in [1.82, 2.24) is 19.7 Å². The van der Waals surface area contributed by atoms with Gasteiger partial charge in [-0.1, -0.05) is 6.07 Å². The monoisotopic (exact) mass is 297 g/mol. The highest BCUT2D eigenvalue weighted by molar-refractivity contribution is 7.99. The quantitative estimate of drug-likeness (QED) is 0.720. The number of aromatic nitrogens is 5. The van der Waals surface area contributed by atoms with Gasteiger partial charge in [0.25, 0.3) is 5.82 Å². The van der Waals surface area contributed by atoms with Crippen LogP contribution in [0.15, 0.2) is 54.1 Å². The van der Waals surface area contributed by atoms with E-state index in [1.54, 1.807) is 18.0 Å². The smallest absolute Gasteiger partial charge is 0.264 e. The van der Waals surface area contributed by atoms with Gasteiger partial charge in [0.2, 0.25) is 0 Å². The first-order valence-electron chi connectivity index (χ1n) is 6.60. The Labute approximate surface area is 125 Å². The lowest BCUT2D eigenvalue weighted by Gasteiger charge is -2.22. The third kappa shape index (κ3) is 2.25. The molecule has 1 N–H and O–H groups in total. The Bertz CT molecular complexity index is 743. The van der Waals surface area contributed by atoms with Crippen molar-refractivity contribution in [2.45, 2.75) is 11.8 Å². The topological polar surface area (TPSA) is 61.0 Å². The first-order valence-corrected chi connectivity index (χ1v) is 7.58. The predicted molar refractivity (Wildman–Crippen MR) is 79.5 cm³/mol. The van der Waals surface area contributed by atoms with E-state index in [0.29, 0.717) is 0 Å². The minimum absolute atomic E-state index is 0.722. The van der Waals surface area contributed by atoms with E-state index in [2.05, 4.69) is 35.7 Å². The van der Waals surface area contributed by atoms with Crippen molar-refractivity contribution in [3.8, 4) is 11.4 Å². The Balaban J connectivity index is 1.70. The largest absolute Gasteiger partial charge is 0.276 e. The van der Waals surface area contributed by atoms with Gasteiger partial charge in [0, 0.05) is 24.0 Å². The molecule has 0 saturated heterocycles. The molecule has 7 heteroatoms. The summed E-state index contributed by atoms with van der Waals surface area (Å²) in [6.45, 7) is 0.722. The summed E-state index contributed by atoms with van der Waals surface area (Å²) in [5, 5.41) is 9.53. The molecule has 0 radical (unpaired) electrons. The molecule has 104 valence electrons. The number of H-pyrrole nitrogens is 1. The van der Waals surface area contributed by atoms with Crippen LogP contribution in [-0.4, -0.2) is 25.6 Å². The number of aromatic amines is 1. The first-order chi connectivity index (χ1) is 10.4.